The topological polar surface area (TPSA) is 60.5 Å². The van der Waals surface area contributed by atoms with Gasteiger partial charge in [0.1, 0.15) is 11.5 Å². The van der Waals surface area contributed by atoms with Gasteiger partial charge in [-0.25, -0.2) is 4.98 Å². The second kappa shape index (κ2) is 7.88. The van der Waals surface area contributed by atoms with Crippen LogP contribution in [0.2, 0.25) is 0 Å². The highest BCUT2D eigenvalue weighted by Crippen LogP contribution is 2.38. The molecule has 0 aliphatic carbocycles. The van der Waals surface area contributed by atoms with Crippen LogP contribution in [0.1, 0.15) is 15.2 Å². The molecule has 0 unspecified atom stereocenters. The monoisotopic (exact) mass is 432 g/mol. The Balaban J connectivity index is 1.90. The van der Waals surface area contributed by atoms with Crippen molar-refractivity contribution in [2.45, 2.75) is 6.92 Å². The molecule has 26 heavy (non-hydrogen) atoms. The van der Waals surface area contributed by atoms with E-state index in [0.29, 0.717) is 22.2 Å². The fraction of sp³-hybridized carbons (Fsp3) is 0.158. The third-order valence-electron chi connectivity index (χ3n) is 3.79. The van der Waals surface area contributed by atoms with Gasteiger partial charge >= 0.3 is 0 Å². The van der Waals surface area contributed by atoms with Crippen molar-refractivity contribution < 1.29 is 14.3 Å². The third kappa shape index (κ3) is 3.89. The molecular formula is C19H17BrN2O3S. The van der Waals surface area contributed by atoms with E-state index < -0.39 is 0 Å². The molecule has 1 N–H and O–H groups in total. The van der Waals surface area contributed by atoms with E-state index in [1.54, 1.807) is 26.4 Å². The molecule has 0 atom stereocenters. The second-order valence-corrected chi connectivity index (χ2v) is 7.57. The number of rotatable bonds is 5. The van der Waals surface area contributed by atoms with Crippen LogP contribution in [0, 0.1) is 6.92 Å². The van der Waals surface area contributed by atoms with Crippen molar-refractivity contribution >= 4 is 38.3 Å². The molecule has 0 bridgehead atoms. The van der Waals surface area contributed by atoms with Crippen molar-refractivity contribution in [3.63, 3.8) is 0 Å². The maximum atomic E-state index is 12.4. The van der Waals surface area contributed by atoms with Crippen LogP contribution in [0.4, 0.5) is 5.13 Å². The number of aromatic nitrogens is 1. The van der Waals surface area contributed by atoms with Crippen LogP contribution < -0.4 is 14.8 Å². The van der Waals surface area contributed by atoms with Crippen LogP contribution in [0.15, 0.2) is 46.9 Å². The normalized spacial score (nSPS) is 10.5. The third-order valence-corrected chi connectivity index (χ3v) is 5.20. The van der Waals surface area contributed by atoms with Crippen LogP contribution in [-0.4, -0.2) is 25.1 Å². The number of ether oxygens (including phenoxy) is 2. The molecular weight excluding hydrogens is 416 g/mol. The number of halogens is 1. The first-order valence-electron chi connectivity index (χ1n) is 7.78. The average Bonchev–Trinajstić information content (AvgIpc) is 3.01. The number of aryl methyl sites for hydroxylation is 1. The Kier molecular flexibility index (Phi) is 5.58. The average molecular weight is 433 g/mol. The highest BCUT2D eigenvalue weighted by atomic mass is 79.9. The minimum atomic E-state index is -0.199. The Morgan fingerprint density at radius 3 is 2.50 bits per heavy atom. The number of hydrogen-bond donors (Lipinski definition) is 1. The Bertz CT molecular complexity index is 938. The van der Waals surface area contributed by atoms with Gasteiger partial charge in [0.05, 0.1) is 19.9 Å². The highest BCUT2D eigenvalue weighted by Gasteiger charge is 2.17. The Morgan fingerprint density at radius 2 is 1.85 bits per heavy atom. The van der Waals surface area contributed by atoms with E-state index in [0.717, 1.165) is 20.6 Å². The van der Waals surface area contributed by atoms with Gasteiger partial charge in [0, 0.05) is 20.5 Å². The number of anilines is 1. The number of benzene rings is 2. The lowest BCUT2D eigenvalue weighted by Crippen LogP contribution is -2.11. The highest BCUT2D eigenvalue weighted by molar-refractivity contribution is 9.10. The smallest absolute Gasteiger partial charge is 0.257 e. The molecule has 1 aromatic heterocycles. The SMILES string of the molecule is COc1ccc(OC)c(-c2nc(NC(=O)c3ccc(Br)cc3)sc2C)c1. The lowest BCUT2D eigenvalue weighted by Gasteiger charge is -2.09. The number of nitrogens with one attached hydrogen (secondary N) is 1. The first-order valence-corrected chi connectivity index (χ1v) is 9.39. The zero-order valence-electron chi connectivity index (χ0n) is 14.5. The maximum Gasteiger partial charge on any atom is 0.257 e. The van der Waals surface area contributed by atoms with E-state index in [1.807, 2.05) is 37.3 Å². The van der Waals surface area contributed by atoms with Gasteiger partial charge in [-0.15, -0.1) is 11.3 Å². The van der Waals surface area contributed by atoms with E-state index in [-0.39, 0.29) is 5.91 Å². The summed E-state index contributed by atoms with van der Waals surface area (Å²) < 4.78 is 11.7. The van der Waals surface area contributed by atoms with Crippen molar-refractivity contribution in [1.29, 1.82) is 0 Å². The zero-order chi connectivity index (χ0) is 18.7. The Labute approximate surface area is 164 Å². The zero-order valence-corrected chi connectivity index (χ0v) is 16.9. The van der Waals surface area contributed by atoms with Crippen LogP contribution in [0.3, 0.4) is 0 Å². The molecule has 0 aliphatic heterocycles. The number of carbonyl (C=O) groups is 1. The molecule has 1 heterocycles. The molecule has 3 rings (SSSR count). The van der Waals surface area contributed by atoms with E-state index in [4.69, 9.17) is 9.47 Å². The predicted octanol–water partition coefficient (Wildman–Crippen LogP) is 5.15. The van der Waals surface area contributed by atoms with Gasteiger partial charge in [0.15, 0.2) is 5.13 Å². The van der Waals surface area contributed by atoms with Crippen molar-refractivity contribution in [2.75, 3.05) is 19.5 Å². The first kappa shape index (κ1) is 18.4. The van der Waals surface area contributed by atoms with Crippen LogP contribution >= 0.6 is 27.3 Å². The fourth-order valence-electron chi connectivity index (χ4n) is 2.47. The fourth-order valence-corrected chi connectivity index (χ4v) is 3.56. The molecule has 2 aromatic carbocycles. The standard InChI is InChI=1S/C19H17BrN2O3S/c1-11-17(15-10-14(24-2)8-9-16(15)25-3)21-19(26-11)22-18(23)12-4-6-13(20)7-5-12/h4-10H,1-3H3,(H,21,22,23). The van der Waals surface area contributed by atoms with E-state index in [2.05, 4.69) is 26.2 Å². The predicted molar refractivity (Wildman–Crippen MR) is 107 cm³/mol. The summed E-state index contributed by atoms with van der Waals surface area (Å²) in [5.74, 6) is 1.22. The number of nitrogens with zero attached hydrogens (tertiary/aromatic N) is 1. The lowest BCUT2D eigenvalue weighted by atomic mass is 10.1. The molecule has 0 saturated heterocycles. The molecule has 0 spiro atoms. The van der Waals surface area contributed by atoms with Crippen molar-refractivity contribution in [3.05, 3.63) is 57.4 Å². The molecule has 0 fully saturated rings. The second-order valence-electron chi connectivity index (χ2n) is 5.45. The Hall–Kier alpha value is -2.38. The van der Waals surface area contributed by atoms with Gasteiger partial charge in [-0.05, 0) is 49.4 Å². The summed E-state index contributed by atoms with van der Waals surface area (Å²) in [4.78, 5) is 18.0. The quantitative estimate of drug-likeness (QED) is 0.605. The summed E-state index contributed by atoms with van der Waals surface area (Å²) >= 11 is 4.78. The number of hydrogen-bond acceptors (Lipinski definition) is 5. The van der Waals surface area contributed by atoms with Crippen LogP contribution in [0.5, 0.6) is 11.5 Å². The summed E-state index contributed by atoms with van der Waals surface area (Å²) in [5, 5.41) is 3.39. The Morgan fingerprint density at radius 1 is 1.12 bits per heavy atom. The minimum absolute atomic E-state index is 0.199. The van der Waals surface area contributed by atoms with E-state index >= 15 is 0 Å². The van der Waals surface area contributed by atoms with E-state index in [9.17, 15) is 4.79 Å². The first-order chi connectivity index (χ1) is 12.5. The van der Waals surface area contributed by atoms with Crippen molar-refractivity contribution in [2.24, 2.45) is 0 Å². The number of methoxy groups -OCH3 is 2. The minimum Gasteiger partial charge on any atom is -0.497 e. The van der Waals surface area contributed by atoms with Gasteiger partial charge in [0.25, 0.3) is 5.91 Å². The molecule has 0 radical (unpaired) electrons. The molecule has 134 valence electrons. The number of amides is 1. The van der Waals surface area contributed by atoms with Gasteiger partial charge in [-0.3, -0.25) is 10.1 Å². The van der Waals surface area contributed by atoms with Gasteiger partial charge < -0.3 is 9.47 Å². The van der Waals surface area contributed by atoms with Crippen molar-refractivity contribution in [3.8, 4) is 22.8 Å². The summed E-state index contributed by atoms with van der Waals surface area (Å²) in [5.41, 5.74) is 2.16. The lowest BCUT2D eigenvalue weighted by molar-refractivity contribution is 0.102. The largest absolute Gasteiger partial charge is 0.497 e. The summed E-state index contributed by atoms with van der Waals surface area (Å²) in [7, 11) is 3.23. The summed E-state index contributed by atoms with van der Waals surface area (Å²) in [6.07, 6.45) is 0. The van der Waals surface area contributed by atoms with Gasteiger partial charge in [0.2, 0.25) is 0 Å². The molecule has 1 amide bonds. The molecule has 3 aromatic rings. The van der Waals surface area contributed by atoms with Gasteiger partial charge in [-0.1, -0.05) is 15.9 Å². The number of thiazole rings is 1. The van der Waals surface area contributed by atoms with Crippen molar-refractivity contribution in [1.82, 2.24) is 4.98 Å². The summed E-state index contributed by atoms with van der Waals surface area (Å²) in [6.45, 7) is 1.96. The maximum absolute atomic E-state index is 12.4. The molecule has 7 heteroatoms. The number of carbonyl (C=O) groups excluding carboxylic acids is 1. The summed E-state index contributed by atoms with van der Waals surface area (Å²) in [6, 6.07) is 12.7. The van der Waals surface area contributed by atoms with Crippen LogP contribution in [0.25, 0.3) is 11.3 Å². The molecule has 0 saturated carbocycles. The van der Waals surface area contributed by atoms with E-state index in [1.165, 1.54) is 11.3 Å². The van der Waals surface area contributed by atoms with Gasteiger partial charge in [-0.2, -0.15) is 0 Å². The van der Waals surface area contributed by atoms with Crippen LogP contribution in [-0.2, 0) is 0 Å². The molecule has 0 aliphatic rings. The molecule has 5 nitrogen and oxygen atoms in total.